The molecule has 1 aliphatic heterocycles. The molecule has 30 heavy (non-hydrogen) atoms. The van der Waals surface area contributed by atoms with E-state index < -0.39 is 10.0 Å². The average molecular weight is 449 g/mol. The van der Waals surface area contributed by atoms with Crippen LogP contribution >= 0.6 is 11.3 Å². The van der Waals surface area contributed by atoms with Crippen molar-refractivity contribution in [2.75, 3.05) is 13.1 Å². The van der Waals surface area contributed by atoms with Crippen LogP contribution in [0.15, 0.2) is 40.6 Å². The molecule has 1 saturated carbocycles. The highest BCUT2D eigenvalue weighted by atomic mass is 32.2. The van der Waals surface area contributed by atoms with Crippen molar-refractivity contribution in [3.63, 3.8) is 0 Å². The molecule has 0 bridgehead atoms. The van der Waals surface area contributed by atoms with E-state index in [2.05, 4.69) is 5.32 Å². The van der Waals surface area contributed by atoms with E-state index in [-0.39, 0.29) is 21.8 Å². The molecular weight excluding hydrogens is 420 g/mol. The normalized spacial score (nSPS) is 18.4. The molecule has 2 fully saturated rings. The van der Waals surface area contributed by atoms with Crippen LogP contribution in [-0.2, 0) is 16.6 Å². The summed E-state index contributed by atoms with van der Waals surface area (Å²) in [6.07, 6.45) is 7.52. The number of carbonyl (C=O) groups excluding carboxylic acids is 1. The fourth-order valence-corrected chi connectivity index (χ4v) is 6.95. The zero-order chi connectivity index (χ0) is 21.0. The van der Waals surface area contributed by atoms with E-state index >= 15 is 0 Å². The predicted molar refractivity (Wildman–Crippen MR) is 117 cm³/mol. The number of nitrogens with one attached hydrogen (secondary N) is 1. The van der Waals surface area contributed by atoms with E-state index in [0.29, 0.717) is 19.6 Å². The van der Waals surface area contributed by atoms with Gasteiger partial charge in [0.15, 0.2) is 0 Å². The summed E-state index contributed by atoms with van der Waals surface area (Å²) in [6, 6.07) is 9.25. The number of rotatable bonds is 7. The molecule has 1 aromatic heterocycles. The molecule has 6 nitrogen and oxygen atoms in total. The minimum absolute atomic E-state index is 0.113. The summed E-state index contributed by atoms with van der Waals surface area (Å²) in [7, 11) is -3.64. The average Bonchev–Trinajstić information content (AvgIpc) is 3.46. The summed E-state index contributed by atoms with van der Waals surface area (Å²) in [5, 5.41) is 4.56. The Morgan fingerprint density at radius 1 is 1.07 bits per heavy atom. The van der Waals surface area contributed by atoms with Crippen LogP contribution in [0.1, 0.15) is 60.2 Å². The van der Waals surface area contributed by atoms with Crippen LogP contribution in [0.2, 0.25) is 0 Å². The van der Waals surface area contributed by atoms with Gasteiger partial charge in [-0.05, 0) is 56.0 Å². The fraction of sp³-hybridized carbons (Fsp3) is 0.500. The summed E-state index contributed by atoms with van der Waals surface area (Å²) < 4.78 is 33.7. The number of benzene rings is 1. The monoisotopic (exact) mass is 448 g/mol. The summed E-state index contributed by atoms with van der Waals surface area (Å²) in [4.78, 5) is 13.2. The van der Waals surface area contributed by atoms with Crippen LogP contribution < -0.4 is 10.1 Å². The summed E-state index contributed by atoms with van der Waals surface area (Å²) in [5.74, 6) is 0.424. The minimum atomic E-state index is -3.64. The number of amides is 1. The van der Waals surface area contributed by atoms with Crippen LogP contribution in [0.5, 0.6) is 5.75 Å². The maximum absolute atomic E-state index is 13.0. The van der Waals surface area contributed by atoms with E-state index in [1.807, 2.05) is 24.3 Å². The van der Waals surface area contributed by atoms with Crippen molar-refractivity contribution in [3.8, 4) is 5.75 Å². The number of sulfonamides is 1. The first-order chi connectivity index (χ1) is 14.6. The molecule has 4 rings (SSSR count). The third-order valence-electron chi connectivity index (χ3n) is 5.78. The molecule has 1 aromatic carbocycles. The Kier molecular flexibility index (Phi) is 6.75. The SMILES string of the molecule is O=C(NCc1ccccc1OC1CCCC1)c1sccc1S(=O)(=O)N1CCCCC1. The van der Waals surface area contributed by atoms with E-state index in [9.17, 15) is 13.2 Å². The highest BCUT2D eigenvalue weighted by Gasteiger charge is 2.31. The Hall–Kier alpha value is -1.90. The molecule has 162 valence electrons. The zero-order valence-electron chi connectivity index (χ0n) is 17.0. The van der Waals surface area contributed by atoms with E-state index in [1.165, 1.54) is 17.1 Å². The summed E-state index contributed by atoms with van der Waals surface area (Å²) in [6.45, 7) is 1.33. The quantitative estimate of drug-likeness (QED) is 0.690. The van der Waals surface area contributed by atoms with Gasteiger partial charge in [-0.2, -0.15) is 4.31 Å². The van der Waals surface area contributed by atoms with Gasteiger partial charge < -0.3 is 10.1 Å². The molecule has 0 radical (unpaired) electrons. The first kappa shape index (κ1) is 21.3. The van der Waals surface area contributed by atoms with Gasteiger partial charge in [0.25, 0.3) is 5.91 Å². The van der Waals surface area contributed by atoms with Crippen molar-refractivity contribution in [3.05, 3.63) is 46.2 Å². The lowest BCUT2D eigenvalue weighted by atomic mass is 10.2. The van der Waals surface area contributed by atoms with E-state index in [1.54, 1.807) is 11.4 Å². The molecule has 2 aromatic rings. The lowest BCUT2D eigenvalue weighted by molar-refractivity contribution is 0.0951. The smallest absolute Gasteiger partial charge is 0.263 e. The Balaban J connectivity index is 1.45. The number of hydrogen-bond acceptors (Lipinski definition) is 5. The van der Waals surface area contributed by atoms with E-state index in [4.69, 9.17) is 4.74 Å². The van der Waals surface area contributed by atoms with Gasteiger partial charge in [0.1, 0.15) is 15.5 Å². The molecule has 1 aliphatic carbocycles. The molecule has 1 amide bonds. The van der Waals surface area contributed by atoms with E-state index in [0.717, 1.165) is 54.8 Å². The van der Waals surface area contributed by atoms with Gasteiger partial charge in [0.05, 0.1) is 6.10 Å². The standard InChI is InChI=1S/C22H28N2O4S2/c25-22(21-20(12-15-29-21)30(26,27)24-13-6-1-7-14-24)23-16-17-8-2-5-11-19(17)28-18-9-3-4-10-18/h2,5,8,11-12,15,18H,1,3-4,6-7,9-10,13-14,16H2,(H,23,25). The lowest BCUT2D eigenvalue weighted by Crippen LogP contribution is -2.36. The molecule has 1 N–H and O–H groups in total. The van der Waals surface area contributed by atoms with Gasteiger partial charge in [-0.25, -0.2) is 8.42 Å². The molecule has 2 heterocycles. The van der Waals surface area contributed by atoms with Crippen LogP contribution in [-0.4, -0.2) is 37.8 Å². The lowest BCUT2D eigenvalue weighted by Gasteiger charge is -2.25. The largest absolute Gasteiger partial charge is 0.490 e. The van der Waals surface area contributed by atoms with Gasteiger partial charge >= 0.3 is 0 Å². The predicted octanol–water partition coefficient (Wildman–Crippen LogP) is 4.17. The van der Waals surface area contributed by atoms with Crippen LogP contribution in [0.25, 0.3) is 0 Å². The molecule has 1 saturated heterocycles. The molecule has 8 heteroatoms. The van der Waals surface area contributed by atoms with Gasteiger partial charge in [-0.3, -0.25) is 4.79 Å². The summed E-state index contributed by atoms with van der Waals surface area (Å²) in [5.41, 5.74) is 0.898. The number of nitrogens with zero attached hydrogens (tertiary/aromatic N) is 1. The fourth-order valence-electron chi connectivity index (χ4n) is 4.12. The highest BCUT2D eigenvalue weighted by Crippen LogP contribution is 2.29. The van der Waals surface area contributed by atoms with Gasteiger partial charge in [-0.15, -0.1) is 11.3 Å². The number of para-hydroxylation sites is 1. The van der Waals surface area contributed by atoms with Crippen molar-refractivity contribution in [1.82, 2.24) is 9.62 Å². The number of ether oxygens (including phenoxy) is 1. The van der Waals surface area contributed by atoms with Crippen LogP contribution in [0.4, 0.5) is 0 Å². The molecule has 2 aliphatic rings. The minimum Gasteiger partial charge on any atom is -0.490 e. The molecule has 0 atom stereocenters. The highest BCUT2D eigenvalue weighted by molar-refractivity contribution is 7.89. The van der Waals surface area contributed by atoms with Gasteiger partial charge in [0, 0.05) is 25.2 Å². The first-order valence-electron chi connectivity index (χ1n) is 10.7. The molecule has 0 spiro atoms. The Morgan fingerprint density at radius 3 is 2.57 bits per heavy atom. The second-order valence-corrected chi connectivity index (χ2v) is 10.7. The second-order valence-electron chi connectivity index (χ2n) is 7.89. The third-order valence-corrected chi connectivity index (χ3v) is 8.76. The molecular formula is C22H28N2O4S2. The number of piperidine rings is 1. The van der Waals surface area contributed by atoms with Gasteiger partial charge in [-0.1, -0.05) is 24.6 Å². The second kappa shape index (κ2) is 9.49. The van der Waals surface area contributed by atoms with Crippen molar-refractivity contribution < 1.29 is 17.9 Å². The van der Waals surface area contributed by atoms with Crippen molar-refractivity contribution in [1.29, 1.82) is 0 Å². The molecule has 0 unspecified atom stereocenters. The van der Waals surface area contributed by atoms with Gasteiger partial charge in [0.2, 0.25) is 10.0 Å². The Bertz CT molecular complexity index is 975. The third kappa shape index (κ3) is 4.71. The van der Waals surface area contributed by atoms with Crippen LogP contribution in [0, 0.1) is 0 Å². The topological polar surface area (TPSA) is 75.7 Å². The zero-order valence-corrected chi connectivity index (χ0v) is 18.6. The maximum atomic E-state index is 13.0. The number of thiophene rings is 1. The maximum Gasteiger partial charge on any atom is 0.263 e. The Labute approximate surface area is 182 Å². The number of carbonyl (C=O) groups is 1. The number of hydrogen-bond donors (Lipinski definition) is 1. The van der Waals surface area contributed by atoms with Crippen molar-refractivity contribution in [2.24, 2.45) is 0 Å². The first-order valence-corrected chi connectivity index (χ1v) is 13.0. The summed E-state index contributed by atoms with van der Waals surface area (Å²) >= 11 is 1.16. The Morgan fingerprint density at radius 2 is 1.80 bits per heavy atom. The van der Waals surface area contributed by atoms with Crippen molar-refractivity contribution in [2.45, 2.75) is 62.5 Å². The van der Waals surface area contributed by atoms with Crippen molar-refractivity contribution >= 4 is 27.3 Å². The van der Waals surface area contributed by atoms with Crippen LogP contribution in [0.3, 0.4) is 0 Å².